The Kier molecular flexibility index (Phi) is 6.37. The Balaban J connectivity index is 1.84. The summed E-state index contributed by atoms with van der Waals surface area (Å²) in [6.07, 6.45) is -4.73. The van der Waals surface area contributed by atoms with Crippen LogP contribution in [0.5, 0.6) is 0 Å². The molecule has 0 saturated heterocycles. The molecule has 2 amide bonds. The Hall–Kier alpha value is -2.98. The van der Waals surface area contributed by atoms with Crippen LogP contribution in [-0.4, -0.2) is 27.4 Å². The fourth-order valence-corrected chi connectivity index (χ4v) is 3.21. The number of anilines is 2. The maximum absolute atomic E-state index is 13.2. The summed E-state index contributed by atoms with van der Waals surface area (Å²) < 4.78 is 39.7. The SMILES string of the molecule is CC(Cl)C(=O)Nc1cc(C(=O)Nc2nnc(-c3ccccc3)s2)ccc1C(F)(F)F. The first-order valence-electron chi connectivity index (χ1n) is 8.51. The van der Waals surface area contributed by atoms with Crippen LogP contribution in [0, 0.1) is 0 Å². The number of carbonyl (C=O) groups is 2. The fourth-order valence-electron chi connectivity index (χ4n) is 2.41. The van der Waals surface area contributed by atoms with Crippen molar-refractivity contribution in [2.24, 2.45) is 0 Å². The van der Waals surface area contributed by atoms with Gasteiger partial charge in [-0.25, -0.2) is 0 Å². The van der Waals surface area contributed by atoms with Gasteiger partial charge in [0.1, 0.15) is 10.4 Å². The van der Waals surface area contributed by atoms with Gasteiger partial charge in [-0.1, -0.05) is 41.7 Å². The first-order valence-corrected chi connectivity index (χ1v) is 9.77. The summed E-state index contributed by atoms with van der Waals surface area (Å²) in [6, 6.07) is 11.8. The molecule has 0 aliphatic rings. The third-order valence-electron chi connectivity index (χ3n) is 3.87. The van der Waals surface area contributed by atoms with Crippen LogP contribution in [0.25, 0.3) is 10.6 Å². The highest BCUT2D eigenvalue weighted by molar-refractivity contribution is 7.18. The van der Waals surface area contributed by atoms with E-state index in [0.29, 0.717) is 5.01 Å². The maximum Gasteiger partial charge on any atom is 0.418 e. The van der Waals surface area contributed by atoms with Gasteiger partial charge in [0.15, 0.2) is 0 Å². The molecular formula is C19H14ClF3N4O2S. The van der Waals surface area contributed by atoms with Crippen LogP contribution in [-0.2, 0) is 11.0 Å². The number of hydrogen-bond acceptors (Lipinski definition) is 5. The zero-order valence-corrected chi connectivity index (χ0v) is 16.9. The van der Waals surface area contributed by atoms with Gasteiger partial charge in [0.2, 0.25) is 11.0 Å². The lowest BCUT2D eigenvalue weighted by Crippen LogP contribution is -2.23. The predicted molar refractivity (Wildman–Crippen MR) is 109 cm³/mol. The number of aromatic nitrogens is 2. The lowest BCUT2D eigenvalue weighted by molar-refractivity contribution is -0.137. The van der Waals surface area contributed by atoms with Gasteiger partial charge in [0.05, 0.1) is 11.3 Å². The van der Waals surface area contributed by atoms with Gasteiger partial charge in [0.25, 0.3) is 5.91 Å². The van der Waals surface area contributed by atoms with Crippen LogP contribution in [0.3, 0.4) is 0 Å². The number of amides is 2. The highest BCUT2D eigenvalue weighted by atomic mass is 35.5. The molecule has 1 unspecified atom stereocenters. The van der Waals surface area contributed by atoms with E-state index >= 15 is 0 Å². The van der Waals surface area contributed by atoms with E-state index in [0.717, 1.165) is 35.1 Å². The molecule has 2 N–H and O–H groups in total. The normalized spacial score (nSPS) is 12.3. The standard InChI is InChI=1S/C19H14ClF3N4O2S/c1-10(20)15(28)24-14-9-12(7-8-13(14)19(21,22)23)16(29)25-18-27-26-17(30-18)11-5-3-2-4-6-11/h2-10H,1H3,(H,24,28)(H,25,27,29). The second-order valence-electron chi connectivity index (χ2n) is 6.10. The molecule has 0 spiro atoms. The van der Waals surface area contributed by atoms with Crippen molar-refractivity contribution in [3.8, 4) is 10.6 Å². The van der Waals surface area contributed by atoms with Crippen LogP contribution in [0.1, 0.15) is 22.8 Å². The molecule has 0 aliphatic heterocycles. The molecule has 156 valence electrons. The van der Waals surface area contributed by atoms with E-state index < -0.39 is 34.6 Å². The molecule has 0 aliphatic carbocycles. The van der Waals surface area contributed by atoms with Crippen LogP contribution >= 0.6 is 22.9 Å². The Morgan fingerprint density at radius 2 is 1.77 bits per heavy atom. The average molecular weight is 455 g/mol. The van der Waals surface area contributed by atoms with Crippen molar-refractivity contribution in [3.05, 3.63) is 59.7 Å². The number of benzene rings is 2. The maximum atomic E-state index is 13.2. The Bertz CT molecular complexity index is 1070. The van der Waals surface area contributed by atoms with Crippen LogP contribution in [0.2, 0.25) is 0 Å². The number of nitrogens with one attached hydrogen (secondary N) is 2. The van der Waals surface area contributed by atoms with Crippen molar-refractivity contribution in [1.29, 1.82) is 0 Å². The van der Waals surface area contributed by atoms with Gasteiger partial charge in [0, 0.05) is 11.1 Å². The number of alkyl halides is 4. The van der Waals surface area contributed by atoms with Crippen molar-refractivity contribution in [2.45, 2.75) is 18.5 Å². The number of halogens is 4. The van der Waals surface area contributed by atoms with Crippen molar-refractivity contribution in [1.82, 2.24) is 10.2 Å². The minimum Gasteiger partial charge on any atom is -0.324 e. The van der Waals surface area contributed by atoms with E-state index in [4.69, 9.17) is 11.6 Å². The molecule has 1 heterocycles. The van der Waals surface area contributed by atoms with Crippen molar-refractivity contribution < 1.29 is 22.8 Å². The van der Waals surface area contributed by atoms with E-state index in [-0.39, 0.29) is 10.7 Å². The summed E-state index contributed by atoms with van der Waals surface area (Å²) in [5, 5.41) is 12.2. The summed E-state index contributed by atoms with van der Waals surface area (Å²) in [5.74, 6) is -1.52. The van der Waals surface area contributed by atoms with Gasteiger partial charge in [-0.2, -0.15) is 13.2 Å². The van der Waals surface area contributed by atoms with Crippen LogP contribution in [0.15, 0.2) is 48.5 Å². The average Bonchev–Trinajstić information content (AvgIpc) is 3.16. The van der Waals surface area contributed by atoms with E-state index in [2.05, 4.69) is 20.8 Å². The molecule has 2 aromatic carbocycles. The first kappa shape index (κ1) is 21.7. The number of nitrogens with zero attached hydrogens (tertiary/aromatic N) is 2. The number of rotatable bonds is 5. The zero-order valence-electron chi connectivity index (χ0n) is 15.3. The van der Waals surface area contributed by atoms with E-state index in [1.165, 1.54) is 6.92 Å². The second-order valence-corrected chi connectivity index (χ2v) is 7.73. The summed E-state index contributed by atoms with van der Waals surface area (Å²) in [5.41, 5.74) is -0.941. The highest BCUT2D eigenvalue weighted by Crippen LogP contribution is 2.36. The van der Waals surface area contributed by atoms with E-state index in [9.17, 15) is 22.8 Å². The molecule has 0 fully saturated rings. The van der Waals surface area contributed by atoms with Crippen molar-refractivity contribution in [2.75, 3.05) is 10.6 Å². The molecule has 11 heteroatoms. The molecule has 3 aromatic rings. The molecule has 6 nitrogen and oxygen atoms in total. The lowest BCUT2D eigenvalue weighted by atomic mass is 10.1. The summed E-state index contributed by atoms with van der Waals surface area (Å²) >= 11 is 6.73. The lowest BCUT2D eigenvalue weighted by Gasteiger charge is -2.15. The highest BCUT2D eigenvalue weighted by Gasteiger charge is 2.34. The minimum absolute atomic E-state index is 0.100. The van der Waals surface area contributed by atoms with Gasteiger partial charge < -0.3 is 5.32 Å². The predicted octanol–water partition coefficient (Wildman–Crippen LogP) is 5.04. The molecule has 30 heavy (non-hydrogen) atoms. The van der Waals surface area contributed by atoms with E-state index in [1.807, 2.05) is 30.3 Å². The molecule has 1 atom stereocenters. The second kappa shape index (κ2) is 8.80. The topological polar surface area (TPSA) is 84.0 Å². The molecule has 0 radical (unpaired) electrons. The van der Waals surface area contributed by atoms with Gasteiger partial charge in [-0.3, -0.25) is 14.9 Å². The van der Waals surface area contributed by atoms with Gasteiger partial charge in [-0.15, -0.1) is 21.8 Å². The third kappa shape index (κ3) is 5.14. The van der Waals surface area contributed by atoms with E-state index in [1.54, 1.807) is 0 Å². The van der Waals surface area contributed by atoms with Crippen molar-refractivity contribution in [3.63, 3.8) is 0 Å². The largest absolute Gasteiger partial charge is 0.418 e. The third-order valence-corrected chi connectivity index (χ3v) is 4.96. The molecule has 0 saturated carbocycles. The molecule has 3 rings (SSSR count). The summed E-state index contributed by atoms with van der Waals surface area (Å²) in [4.78, 5) is 24.3. The molecule has 1 aromatic heterocycles. The number of hydrogen-bond donors (Lipinski definition) is 2. The first-order chi connectivity index (χ1) is 14.1. The Morgan fingerprint density at radius 1 is 1.07 bits per heavy atom. The minimum atomic E-state index is -4.73. The van der Waals surface area contributed by atoms with Crippen LogP contribution in [0.4, 0.5) is 24.0 Å². The Labute approximate surface area is 178 Å². The zero-order chi connectivity index (χ0) is 21.9. The summed E-state index contributed by atoms with van der Waals surface area (Å²) in [6.45, 7) is 1.32. The monoisotopic (exact) mass is 454 g/mol. The van der Waals surface area contributed by atoms with Gasteiger partial charge >= 0.3 is 6.18 Å². The van der Waals surface area contributed by atoms with Crippen molar-refractivity contribution >= 4 is 45.6 Å². The number of carbonyl (C=O) groups excluding carboxylic acids is 2. The fraction of sp³-hybridized carbons (Fsp3) is 0.158. The smallest absolute Gasteiger partial charge is 0.324 e. The van der Waals surface area contributed by atoms with Gasteiger partial charge in [-0.05, 0) is 25.1 Å². The van der Waals surface area contributed by atoms with Crippen LogP contribution < -0.4 is 10.6 Å². The summed E-state index contributed by atoms with van der Waals surface area (Å²) in [7, 11) is 0. The molecule has 0 bridgehead atoms. The Morgan fingerprint density at radius 3 is 2.40 bits per heavy atom. The quantitative estimate of drug-likeness (QED) is 0.529. The molecular weight excluding hydrogens is 441 g/mol.